The van der Waals surface area contributed by atoms with Gasteiger partial charge in [0.05, 0.1) is 17.8 Å². The van der Waals surface area contributed by atoms with Crippen LogP contribution >= 0.6 is 11.6 Å². The highest BCUT2D eigenvalue weighted by atomic mass is 35.5. The Morgan fingerprint density at radius 2 is 1.77 bits per heavy atom. The normalized spacial score (nSPS) is 16.7. The molecule has 1 N–H and O–H groups in total. The first-order chi connectivity index (χ1) is 14.5. The van der Waals surface area contributed by atoms with Crippen LogP contribution in [0.1, 0.15) is 39.2 Å². The minimum atomic E-state index is -0.140. The van der Waals surface area contributed by atoms with Gasteiger partial charge in [-0.15, -0.1) is 0 Å². The standard InChI is InChI=1S/C24H27ClN4O/c1-17-8-10-20(11-9-17)15-29-23(25)22(18(2)27-29)24(30)26-21-12-13-28(16-21)14-19-6-4-3-5-7-19/h3-11,21H,12-16H2,1-2H3,(H,26,30)/t21-/m1/s1. The average molecular weight is 423 g/mol. The van der Waals surface area contributed by atoms with Crippen molar-refractivity contribution in [3.8, 4) is 0 Å². The fraction of sp³-hybridized carbons (Fsp3) is 0.333. The molecule has 3 aromatic rings. The van der Waals surface area contributed by atoms with E-state index in [2.05, 4.69) is 70.8 Å². The molecule has 0 bridgehead atoms. The SMILES string of the molecule is Cc1ccc(Cn2nc(C)c(C(=O)N[C@@H]3CCN(Cc4ccccc4)C3)c2Cl)cc1. The van der Waals surface area contributed by atoms with E-state index in [4.69, 9.17) is 11.6 Å². The molecule has 0 spiro atoms. The highest BCUT2D eigenvalue weighted by Gasteiger charge is 2.27. The molecular weight excluding hydrogens is 396 g/mol. The van der Waals surface area contributed by atoms with Gasteiger partial charge in [-0.3, -0.25) is 9.69 Å². The zero-order valence-corrected chi connectivity index (χ0v) is 18.2. The lowest BCUT2D eigenvalue weighted by Gasteiger charge is -2.17. The van der Waals surface area contributed by atoms with Gasteiger partial charge in [0.15, 0.2) is 0 Å². The zero-order valence-electron chi connectivity index (χ0n) is 17.4. The molecule has 0 unspecified atom stereocenters. The van der Waals surface area contributed by atoms with Gasteiger partial charge in [0.1, 0.15) is 5.15 Å². The number of halogens is 1. The van der Waals surface area contributed by atoms with Crippen molar-refractivity contribution in [2.75, 3.05) is 13.1 Å². The van der Waals surface area contributed by atoms with Crippen LogP contribution in [-0.2, 0) is 13.1 Å². The number of nitrogens with zero attached hydrogens (tertiary/aromatic N) is 3. The number of hydrogen-bond donors (Lipinski definition) is 1. The molecule has 1 atom stereocenters. The van der Waals surface area contributed by atoms with Crippen molar-refractivity contribution >= 4 is 17.5 Å². The molecule has 30 heavy (non-hydrogen) atoms. The maximum Gasteiger partial charge on any atom is 0.256 e. The monoisotopic (exact) mass is 422 g/mol. The van der Waals surface area contributed by atoms with Crippen LogP contribution in [0.4, 0.5) is 0 Å². The first-order valence-electron chi connectivity index (χ1n) is 10.3. The van der Waals surface area contributed by atoms with Crippen molar-refractivity contribution in [1.29, 1.82) is 0 Å². The second kappa shape index (κ2) is 9.02. The first-order valence-corrected chi connectivity index (χ1v) is 10.7. The number of carbonyl (C=O) groups excluding carboxylic acids is 1. The first kappa shape index (κ1) is 20.6. The molecule has 1 amide bonds. The predicted octanol–water partition coefficient (Wildman–Crippen LogP) is 4.21. The average Bonchev–Trinajstić information content (AvgIpc) is 3.27. The van der Waals surface area contributed by atoms with Gasteiger partial charge in [-0.25, -0.2) is 4.68 Å². The van der Waals surface area contributed by atoms with Gasteiger partial charge in [-0.1, -0.05) is 71.8 Å². The van der Waals surface area contributed by atoms with Crippen LogP contribution in [0.3, 0.4) is 0 Å². The fourth-order valence-electron chi connectivity index (χ4n) is 3.98. The lowest BCUT2D eigenvalue weighted by molar-refractivity contribution is 0.0937. The molecule has 6 heteroatoms. The number of nitrogens with one attached hydrogen (secondary N) is 1. The maximum absolute atomic E-state index is 13.0. The number of hydrogen-bond acceptors (Lipinski definition) is 3. The van der Waals surface area contributed by atoms with Crippen LogP contribution in [0, 0.1) is 13.8 Å². The summed E-state index contributed by atoms with van der Waals surface area (Å²) in [7, 11) is 0. The van der Waals surface area contributed by atoms with E-state index >= 15 is 0 Å². The molecule has 1 aliphatic heterocycles. The van der Waals surface area contributed by atoms with Crippen molar-refractivity contribution in [3.05, 3.63) is 87.7 Å². The van der Waals surface area contributed by atoms with E-state index in [-0.39, 0.29) is 11.9 Å². The molecule has 2 aromatic carbocycles. The lowest BCUT2D eigenvalue weighted by atomic mass is 10.1. The van der Waals surface area contributed by atoms with E-state index in [1.165, 1.54) is 11.1 Å². The molecule has 1 fully saturated rings. The number of carbonyl (C=O) groups is 1. The van der Waals surface area contributed by atoms with E-state index in [0.29, 0.717) is 23.0 Å². The third-order valence-electron chi connectivity index (χ3n) is 5.60. The second-order valence-electron chi connectivity index (χ2n) is 8.07. The zero-order chi connectivity index (χ0) is 21.1. The van der Waals surface area contributed by atoms with Gasteiger partial charge in [0, 0.05) is 25.7 Å². The van der Waals surface area contributed by atoms with Crippen LogP contribution in [0.5, 0.6) is 0 Å². The summed E-state index contributed by atoms with van der Waals surface area (Å²) >= 11 is 6.56. The molecular formula is C24H27ClN4O. The Labute approximate surface area is 182 Å². The van der Waals surface area contributed by atoms with Gasteiger partial charge < -0.3 is 5.32 Å². The van der Waals surface area contributed by atoms with Crippen molar-refractivity contribution in [2.24, 2.45) is 0 Å². The fourth-order valence-corrected chi connectivity index (χ4v) is 4.30. The van der Waals surface area contributed by atoms with Crippen LogP contribution in [0.2, 0.25) is 5.15 Å². The predicted molar refractivity (Wildman–Crippen MR) is 120 cm³/mol. The number of benzene rings is 2. The highest BCUT2D eigenvalue weighted by molar-refractivity contribution is 6.33. The molecule has 156 valence electrons. The third kappa shape index (κ3) is 4.74. The van der Waals surface area contributed by atoms with Crippen LogP contribution < -0.4 is 5.32 Å². The largest absolute Gasteiger partial charge is 0.348 e. The number of rotatable bonds is 6. The van der Waals surface area contributed by atoms with E-state index < -0.39 is 0 Å². The Balaban J connectivity index is 1.39. The number of amides is 1. The van der Waals surface area contributed by atoms with E-state index in [1.807, 2.05) is 13.0 Å². The number of likely N-dealkylation sites (tertiary alicyclic amines) is 1. The highest BCUT2D eigenvalue weighted by Crippen LogP contribution is 2.22. The molecule has 0 saturated carbocycles. The number of aromatic nitrogens is 2. The van der Waals surface area contributed by atoms with Crippen LogP contribution in [0.25, 0.3) is 0 Å². The topological polar surface area (TPSA) is 50.2 Å². The Hall–Kier alpha value is -2.63. The van der Waals surface area contributed by atoms with Gasteiger partial charge >= 0.3 is 0 Å². The van der Waals surface area contributed by atoms with Gasteiger partial charge in [-0.2, -0.15) is 5.10 Å². The van der Waals surface area contributed by atoms with Crippen LogP contribution in [0.15, 0.2) is 54.6 Å². The molecule has 2 heterocycles. The summed E-state index contributed by atoms with van der Waals surface area (Å²) in [5.41, 5.74) is 4.73. The quantitative estimate of drug-likeness (QED) is 0.647. The minimum absolute atomic E-state index is 0.122. The Morgan fingerprint density at radius 1 is 1.07 bits per heavy atom. The van der Waals surface area contributed by atoms with E-state index in [9.17, 15) is 4.79 Å². The van der Waals surface area contributed by atoms with Gasteiger partial charge in [-0.05, 0) is 31.4 Å². The molecule has 5 nitrogen and oxygen atoms in total. The van der Waals surface area contributed by atoms with Gasteiger partial charge in [0.2, 0.25) is 0 Å². The molecule has 0 aliphatic carbocycles. The molecule has 1 aromatic heterocycles. The second-order valence-corrected chi connectivity index (χ2v) is 8.43. The van der Waals surface area contributed by atoms with E-state index in [1.54, 1.807) is 4.68 Å². The maximum atomic E-state index is 13.0. The smallest absolute Gasteiger partial charge is 0.256 e. The van der Waals surface area contributed by atoms with Gasteiger partial charge in [0.25, 0.3) is 5.91 Å². The summed E-state index contributed by atoms with van der Waals surface area (Å²) in [4.78, 5) is 15.3. The summed E-state index contributed by atoms with van der Waals surface area (Å²) < 4.78 is 1.70. The lowest BCUT2D eigenvalue weighted by Crippen LogP contribution is -2.37. The van der Waals surface area contributed by atoms with E-state index in [0.717, 1.165) is 31.6 Å². The minimum Gasteiger partial charge on any atom is -0.348 e. The van der Waals surface area contributed by atoms with Crippen molar-refractivity contribution in [3.63, 3.8) is 0 Å². The summed E-state index contributed by atoms with van der Waals surface area (Å²) in [5.74, 6) is -0.140. The Morgan fingerprint density at radius 3 is 2.50 bits per heavy atom. The molecule has 0 radical (unpaired) electrons. The molecule has 1 saturated heterocycles. The summed E-state index contributed by atoms with van der Waals surface area (Å²) in [6.07, 6.45) is 0.937. The van der Waals surface area contributed by atoms with Crippen molar-refractivity contribution in [1.82, 2.24) is 20.0 Å². The Kier molecular flexibility index (Phi) is 6.21. The molecule has 1 aliphatic rings. The van der Waals surface area contributed by atoms with Crippen LogP contribution in [-0.4, -0.2) is 39.7 Å². The number of aryl methyl sites for hydroxylation is 2. The third-order valence-corrected chi connectivity index (χ3v) is 5.99. The van der Waals surface area contributed by atoms with Crippen molar-refractivity contribution < 1.29 is 4.79 Å². The summed E-state index contributed by atoms with van der Waals surface area (Å²) in [6, 6.07) is 18.8. The summed E-state index contributed by atoms with van der Waals surface area (Å²) in [6.45, 7) is 7.15. The summed E-state index contributed by atoms with van der Waals surface area (Å²) in [5, 5.41) is 8.06. The Bertz CT molecular complexity index is 1010. The van der Waals surface area contributed by atoms with Crippen molar-refractivity contribution in [2.45, 2.75) is 39.4 Å². The molecule has 4 rings (SSSR count).